The molecule has 0 spiro atoms. The molecular formula is C9H20N2. The predicted octanol–water partition coefficient (Wildman–Crippen LogP) is 0.842. The van der Waals surface area contributed by atoms with Gasteiger partial charge in [-0.3, -0.25) is 0 Å². The molecule has 2 aliphatic heterocycles. The highest BCUT2D eigenvalue weighted by atomic mass is 15.0. The number of rotatable bonds is 0. The summed E-state index contributed by atoms with van der Waals surface area (Å²) in [6.45, 7) is 11.2. The molecule has 0 atom stereocenters. The minimum Gasteiger partial charge on any atom is -0.316 e. The number of fused-ring (bicyclic) bond motifs is 1. The average molecular weight is 156 g/mol. The van der Waals surface area contributed by atoms with E-state index < -0.39 is 0 Å². The molecule has 0 amide bonds. The summed E-state index contributed by atoms with van der Waals surface area (Å²) in [7, 11) is 0. The molecule has 11 heavy (non-hydrogen) atoms. The van der Waals surface area contributed by atoms with E-state index in [0.717, 1.165) is 5.92 Å². The van der Waals surface area contributed by atoms with E-state index in [1.165, 1.54) is 26.2 Å². The lowest BCUT2D eigenvalue weighted by Crippen LogP contribution is -2.26. The van der Waals surface area contributed by atoms with Gasteiger partial charge in [-0.25, -0.2) is 0 Å². The van der Waals surface area contributed by atoms with E-state index in [1.54, 1.807) is 0 Å². The van der Waals surface area contributed by atoms with Crippen LogP contribution in [0.3, 0.4) is 0 Å². The molecule has 2 aliphatic rings. The van der Waals surface area contributed by atoms with Crippen molar-refractivity contribution in [3.8, 4) is 0 Å². The number of hydrogen-bond donors (Lipinski definition) is 2. The van der Waals surface area contributed by atoms with Crippen LogP contribution in [0.15, 0.2) is 0 Å². The molecule has 2 nitrogen and oxygen atoms in total. The zero-order chi connectivity index (χ0) is 8.32. The summed E-state index contributed by atoms with van der Waals surface area (Å²) >= 11 is 0. The molecule has 0 bridgehead atoms. The highest BCUT2D eigenvalue weighted by Gasteiger charge is 2.41. The molecule has 0 aromatic rings. The maximum atomic E-state index is 3.42. The van der Waals surface area contributed by atoms with Crippen molar-refractivity contribution in [3.05, 3.63) is 0 Å². The van der Waals surface area contributed by atoms with E-state index in [4.69, 9.17) is 0 Å². The normalized spacial score (nSPS) is 41.2. The summed E-state index contributed by atoms with van der Waals surface area (Å²) in [5.41, 5.74) is 0.583. The molecule has 0 aliphatic carbocycles. The van der Waals surface area contributed by atoms with E-state index in [-0.39, 0.29) is 0 Å². The van der Waals surface area contributed by atoms with Gasteiger partial charge in [0.25, 0.3) is 0 Å². The summed E-state index contributed by atoms with van der Waals surface area (Å²) in [5, 5.41) is 6.85. The smallest absolute Gasteiger partial charge is 0.00211 e. The third kappa shape index (κ3) is 1.57. The molecule has 0 unspecified atom stereocenters. The number of nitrogens with one attached hydrogen (secondary N) is 2. The van der Waals surface area contributed by atoms with Crippen molar-refractivity contribution in [1.82, 2.24) is 10.6 Å². The second kappa shape index (κ2) is 3.55. The van der Waals surface area contributed by atoms with Gasteiger partial charge in [0.2, 0.25) is 0 Å². The summed E-state index contributed by atoms with van der Waals surface area (Å²) < 4.78 is 0. The molecule has 2 fully saturated rings. The molecule has 0 aromatic carbocycles. The van der Waals surface area contributed by atoms with Crippen LogP contribution in [-0.2, 0) is 0 Å². The lowest BCUT2D eigenvalue weighted by Gasteiger charge is -2.19. The molecule has 2 rings (SSSR count). The van der Waals surface area contributed by atoms with Crippen molar-refractivity contribution < 1.29 is 0 Å². The Bertz CT molecular complexity index is 113. The van der Waals surface area contributed by atoms with Gasteiger partial charge in [-0.15, -0.1) is 0 Å². The second-order valence-corrected chi connectivity index (χ2v) is 3.61. The van der Waals surface area contributed by atoms with E-state index in [9.17, 15) is 0 Å². The third-order valence-electron chi connectivity index (χ3n) is 2.82. The average Bonchev–Trinajstić information content (AvgIpc) is 2.49. The predicted molar refractivity (Wildman–Crippen MR) is 48.7 cm³/mol. The first-order valence-electron chi connectivity index (χ1n) is 4.73. The van der Waals surface area contributed by atoms with E-state index >= 15 is 0 Å². The minimum absolute atomic E-state index is 0.583. The van der Waals surface area contributed by atoms with Crippen LogP contribution >= 0.6 is 0 Å². The molecule has 0 radical (unpaired) electrons. The molecular weight excluding hydrogens is 136 g/mol. The quantitative estimate of drug-likeness (QED) is 0.543. The maximum absolute atomic E-state index is 3.42. The largest absolute Gasteiger partial charge is 0.316 e. The maximum Gasteiger partial charge on any atom is 0.00211 e. The van der Waals surface area contributed by atoms with Crippen molar-refractivity contribution >= 4 is 0 Å². The van der Waals surface area contributed by atoms with Gasteiger partial charge >= 0.3 is 0 Å². The van der Waals surface area contributed by atoms with Gasteiger partial charge in [0.15, 0.2) is 0 Å². The summed E-state index contributed by atoms with van der Waals surface area (Å²) in [4.78, 5) is 0. The highest BCUT2D eigenvalue weighted by Crippen LogP contribution is 2.33. The fourth-order valence-electron chi connectivity index (χ4n) is 1.98. The molecule has 2 N–H and O–H groups in total. The Kier molecular flexibility index (Phi) is 2.90. The van der Waals surface area contributed by atoms with Crippen LogP contribution in [0.5, 0.6) is 0 Å². The van der Waals surface area contributed by atoms with Gasteiger partial charge < -0.3 is 10.6 Å². The number of hydrogen-bond acceptors (Lipinski definition) is 2. The first kappa shape index (κ1) is 9.01. The van der Waals surface area contributed by atoms with Crippen LogP contribution in [0.2, 0.25) is 0 Å². The standard InChI is InChI=1S/C7H14N2.C2H6/c1-7-4-8-2-6(7)3-9-5-7;1-2/h6,8-9H,2-5H2,1H3;1-2H3. The lowest BCUT2D eigenvalue weighted by molar-refractivity contribution is 0.337. The Morgan fingerprint density at radius 3 is 1.91 bits per heavy atom. The summed E-state index contributed by atoms with van der Waals surface area (Å²) in [6.07, 6.45) is 0. The molecule has 2 heteroatoms. The molecule has 2 heterocycles. The fourth-order valence-corrected chi connectivity index (χ4v) is 1.98. The van der Waals surface area contributed by atoms with Crippen LogP contribution in [0.4, 0.5) is 0 Å². The third-order valence-corrected chi connectivity index (χ3v) is 2.82. The first-order chi connectivity index (χ1) is 5.31. The zero-order valence-corrected chi connectivity index (χ0v) is 7.91. The Labute approximate surface area is 69.8 Å². The Balaban J connectivity index is 0.000000281. The Morgan fingerprint density at radius 2 is 1.55 bits per heavy atom. The van der Waals surface area contributed by atoms with Gasteiger partial charge in [0, 0.05) is 13.1 Å². The Hall–Kier alpha value is -0.0800. The van der Waals surface area contributed by atoms with Gasteiger partial charge in [-0.05, 0) is 24.4 Å². The zero-order valence-electron chi connectivity index (χ0n) is 7.91. The van der Waals surface area contributed by atoms with E-state index in [2.05, 4.69) is 17.6 Å². The monoisotopic (exact) mass is 156 g/mol. The van der Waals surface area contributed by atoms with Crippen molar-refractivity contribution in [3.63, 3.8) is 0 Å². The van der Waals surface area contributed by atoms with Crippen molar-refractivity contribution in [2.45, 2.75) is 20.8 Å². The topological polar surface area (TPSA) is 24.1 Å². The molecule has 66 valence electrons. The summed E-state index contributed by atoms with van der Waals surface area (Å²) in [5.74, 6) is 0.900. The van der Waals surface area contributed by atoms with Gasteiger partial charge in [0.05, 0.1) is 0 Å². The van der Waals surface area contributed by atoms with Crippen LogP contribution in [0.25, 0.3) is 0 Å². The van der Waals surface area contributed by atoms with Crippen LogP contribution in [0.1, 0.15) is 20.8 Å². The SMILES string of the molecule is CC.CC12CNCC1CNC2. The lowest BCUT2D eigenvalue weighted by atomic mass is 9.83. The molecule has 2 saturated heterocycles. The van der Waals surface area contributed by atoms with Gasteiger partial charge in [-0.2, -0.15) is 0 Å². The van der Waals surface area contributed by atoms with Crippen LogP contribution < -0.4 is 10.6 Å². The highest BCUT2D eigenvalue weighted by molar-refractivity contribution is 4.98. The van der Waals surface area contributed by atoms with Crippen molar-refractivity contribution in [1.29, 1.82) is 0 Å². The van der Waals surface area contributed by atoms with Gasteiger partial charge in [-0.1, -0.05) is 20.8 Å². The van der Waals surface area contributed by atoms with Crippen LogP contribution in [0, 0.1) is 11.3 Å². The van der Waals surface area contributed by atoms with Gasteiger partial charge in [0.1, 0.15) is 0 Å². The van der Waals surface area contributed by atoms with E-state index in [1.807, 2.05) is 13.8 Å². The molecule has 0 aromatic heterocycles. The first-order valence-corrected chi connectivity index (χ1v) is 4.73. The molecule has 0 saturated carbocycles. The van der Waals surface area contributed by atoms with E-state index in [0.29, 0.717) is 5.41 Å². The Morgan fingerprint density at radius 1 is 1.09 bits per heavy atom. The van der Waals surface area contributed by atoms with Crippen molar-refractivity contribution in [2.75, 3.05) is 26.2 Å². The van der Waals surface area contributed by atoms with Crippen LogP contribution in [-0.4, -0.2) is 26.2 Å². The summed E-state index contributed by atoms with van der Waals surface area (Å²) in [6, 6.07) is 0. The second-order valence-electron chi connectivity index (χ2n) is 3.61. The minimum atomic E-state index is 0.583. The van der Waals surface area contributed by atoms with Crippen molar-refractivity contribution in [2.24, 2.45) is 11.3 Å². The fraction of sp³-hybridized carbons (Fsp3) is 1.00.